The number of aliphatic hydroxyl groups excluding tert-OH is 1. The van der Waals surface area contributed by atoms with E-state index in [0.717, 1.165) is 18.9 Å². The van der Waals surface area contributed by atoms with Crippen molar-refractivity contribution in [2.45, 2.75) is 57.6 Å². The molecule has 0 unspecified atom stereocenters. The van der Waals surface area contributed by atoms with Gasteiger partial charge in [0.25, 0.3) is 0 Å². The molecule has 1 N–H and O–H groups in total. The van der Waals surface area contributed by atoms with Gasteiger partial charge in [0.15, 0.2) is 0 Å². The van der Waals surface area contributed by atoms with Crippen LogP contribution in [0.4, 0.5) is 0 Å². The van der Waals surface area contributed by atoms with Gasteiger partial charge in [0, 0.05) is 19.1 Å². The molecule has 1 saturated carbocycles. The van der Waals surface area contributed by atoms with E-state index in [1.807, 2.05) is 0 Å². The van der Waals surface area contributed by atoms with Gasteiger partial charge in [0.1, 0.15) is 0 Å². The molecule has 1 aliphatic carbocycles. The van der Waals surface area contributed by atoms with E-state index in [4.69, 9.17) is 0 Å². The minimum atomic E-state index is -0.0457. The second-order valence-electron chi connectivity index (χ2n) is 5.08. The van der Waals surface area contributed by atoms with Gasteiger partial charge in [-0.3, -0.25) is 4.90 Å². The molecule has 0 bridgehead atoms. The lowest BCUT2D eigenvalue weighted by Gasteiger charge is -2.23. The van der Waals surface area contributed by atoms with Crippen LogP contribution in [0.2, 0.25) is 0 Å². The molecule has 2 heteroatoms. The van der Waals surface area contributed by atoms with Crippen LogP contribution >= 0.6 is 0 Å². The maximum absolute atomic E-state index is 9.66. The third kappa shape index (κ3) is 2.71. The van der Waals surface area contributed by atoms with Crippen molar-refractivity contribution in [1.82, 2.24) is 4.90 Å². The molecule has 0 aromatic carbocycles. The van der Waals surface area contributed by atoms with E-state index in [2.05, 4.69) is 11.8 Å². The standard InChI is InChI=1S/C12H23NO/c1-2-3-4-11-7-12(14)9-13(11)8-10-5-6-10/h10-12,14H,2-9H2,1H3/t11-,12+/m0/s1. The topological polar surface area (TPSA) is 23.5 Å². The minimum absolute atomic E-state index is 0.0457. The van der Waals surface area contributed by atoms with E-state index in [9.17, 15) is 5.11 Å². The van der Waals surface area contributed by atoms with Crippen molar-refractivity contribution in [2.24, 2.45) is 5.92 Å². The first-order valence-corrected chi connectivity index (χ1v) is 6.21. The number of aliphatic hydroxyl groups is 1. The average molecular weight is 197 g/mol. The highest BCUT2D eigenvalue weighted by atomic mass is 16.3. The highest BCUT2D eigenvalue weighted by Crippen LogP contribution is 2.33. The van der Waals surface area contributed by atoms with Gasteiger partial charge in [0.05, 0.1) is 6.10 Å². The Morgan fingerprint density at radius 2 is 2.14 bits per heavy atom. The first-order chi connectivity index (χ1) is 6.79. The molecule has 1 aliphatic heterocycles. The molecule has 14 heavy (non-hydrogen) atoms. The summed E-state index contributed by atoms with van der Waals surface area (Å²) < 4.78 is 0. The molecule has 2 nitrogen and oxygen atoms in total. The summed E-state index contributed by atoms with van der Waals surface area (Å²) >= 11 is 0. The monoisotopic (exact) mass is 197 g/mol. The molecule has 0 spiro atoms. The second-order valence-corrected chi connectivity index (χ2v) is 5.08. The first kappa shape index (κ1) is 10.4. The molecular formula is C12H23NO. The number of β-amino-alcohol motifs (C(OH)–C–C–N with tert-alkyl or cyclic N) is 1. The number of hydrogen-bond donors (Lipinski definition) is 1. The van der Waals surface area contributed by atoms with Gasteiger partial charge < -0.3 is 5.11 Å². The second kappa shape index (κ2) is 4.63. The molecule has 2 aliphatic rings. The average Bonchev–Trinajstić information content (AvgIpc) is 2.88. The lowest BCUT2D eigenvalue weighted by atomic mass is 10.1. The van der Waals surface area contributed by atoms with E-state index < -0.39 is 0 Å². The number of unbranched alkanes of at least 4 members (excludes halogenated alkanes) is 1. The third-order valence-corrected chi connectivity index (χ3v) is 3.59. The molecule has 2 atom stereocenters. The van der Waals surface area contributed by atoms with Gasteiger partial charge >= 0.3 is 0 Å². The van der Waals surface area contributed by atoms with Gasteiger partial charge in [0.2, 0.25) is 0 Å². The Balaban J connectivity index is 1.78. The maximum Gasteiger partial charge on any atom is 0.0682 e. The summed E-state index contributed by atoms with van der Waals surface area (Å²) in [5.41, 5.74) is 0. The van der Waals surface area contributed by atoms with Crippen LogP contribution in [0.1, 0.15) is 45.4 Å². The Hall–Kier alpha value is -0.0800. The molecule has 1 saturated heterocycles. The molecule has 0 aromatic heterocycles. The van der Waals surface area contributed by atoms with E-state index in [1.165, 1.54) is 38.6 Å². The van der Waals surface area contributed by atoms with Crippen LogP contribution in [-0.2, 0) is 0 Å². The molecular weight excluding hydrogens is 174 g/mol. The highest BCUT2D eigenvalue weighted by Gasteiger charge is 2.34. The van der Waals surface area contributed by atoms with Gasteiger partial charge in [-0.05, 0) is 31.6 Å². The summed E-state index contributed by atoms with van der Waals surface area (Å²) in [5, 5.41) is 9.66. The van der Waals surface area contributed by atoms with Crippen molar-refractivity contribution >= 4 is 0 Å². The Morgan fingerprint density at radius 1 is 1.36 bits per heavy atom. The highest BCUT2D eigenvalue weighted by molar-refractivity contribution is 4.88. The maximum atomic E-state index is 9.66. The van der Waals surface area contributed by atoms with Crippen LogP contribution in [0.15, 0.2) is 0 Å². The summed E-state index contributed by atoms with van der Waals surface area (Å²) in [7, 11) is 0. The van der Waals surface area contributed by atoms with E-state index in [0.29, 0.717) is 6.04 Å². The lowest BCUT2D eigenvalue weighted by Crippen LogP contribution is -2.31. The fraction of sp³-hybridized carbons (Fsp3) is 1.00. The van der Waals surface area contributed by atoms with Crippen LogP contribution < -0.4 is 0 Å². The van der Waals surface area contributed by atoms with E-state index in [1.54, 1.807) is 0 Å². The summed E-state index contributed by atoms with van der Waals surface area (Å²) in [4.78, 5) is 2.54. The number of likely N-dealkylation sites (tertiary alicyclic amines) is 1. The fourth-order valence-corrected chi connectivity index (χ4v) is 2.55. The molecule has 2 rings (SSSR count). The quantitative estimate of drug-likeness (QED) is 0.729. The number of hydrogen-bond acceptors (Lipinski definition) is 2. The third-order valence-electron chi connectivity index (χ3n) is 3.59. The smallest absolute Gasteiger partial charge is 0.0682 e. The van der Waals surface area contributed by atoms with Crippen molar-refractivity contribution in [1.29, 1.82) is 0 Å². The van der Waals surface area contributed by atoms with Gasteiger partial charge in [-0.25, -0.2) is 0 Å². The van der Waals surface area contributed by atoms with Crippen LogP contribution in [0.3, 0.4) is 0 Å². The predicted molar refractivity (Wildman–Crippen MR) is 58.2 cm³/mol. The summed E-state index contributed by atoms with van der Waals surface area (Å²) in [6.07, 6.45) is 7.71. The molecule has 0 aromatic rings. The Kier molecular flexibility index (Phi) is 3.45. The van der Waals surface area contributed by atoms with Crippen molar-refractivity contribution in [3.8, 4) is 0 Å². The number of nitrogens with zero attached hydrogens (tertiary/aromatic N) is 1. The zero-order valence-corrected chi connectivity index (χ0v) is 9.28. The van der Waals surface area contributed by atoms with Crippen molar-refractivity contribution < 1.29 is 5.11 Å². The van der Waals surface area contributed by atoms with Crippen molar-refractivity contribution in [3.63, 3.8) is 0 Å². The fourth-order valence-electron chi connectivity index (χ4n) is 2.55. The zero-order valence-electron chi connectivity index (χ0n) is 9.28. The van der Waals surface area contributed by atoms with Crippen LogP contribution in [-0.4, -0.2) is 35.2 Å². The normalized spacial score (nSPS) is 33.9. The molecule has 2 fully saturated rings. The van der Waals surface area contributed by atoms with Gasteiger partial charge in [-0.2, -0.15) is 0 Å². The first-order valence-electron chi connectivity index (χ1n) is 6.21. The van der Waals surface area contributed by atoms with E-state index >= 15 is 0 Å². The lowest BCUT2D eigenvalue weighted by molar-refractivity contribution is 0.172. The summed E-state index contributed by atoms with van der Waals surface area (Å²) in [6.45, 7) is 4.44. The van der Waals surface area contributed by atoms with Crippen LogP contribution in [0.25, 0.3) is 0 Å². The van der Waals surface area contributed by atoms with Crippen LogP contribution in [0.5, 0.6) is 0 Å². The molecule has 1 heterocycles. The van der Waals surface area contributed by atoms with Crippen molar-refractivity contribution in [2.75, 3.05) is 13.1 Å². The largest absolute Gasteiger partial charge is 0.392 e. The molecule has 82 valence electrons. The zero-order chi connectivity index (χ0) is 9.97. The van der Waals surface area contributed by atoms with E-state index in [-0.39, 0.29) is 6.10 Å². The van der Waals surface area contributed by atoms with Gasteiger partial charge in [-0.15, -0.1) is 0 Å². The van der Waals surface area contributed by atoms with Crippen LogP contribution in [0, 0.1) is 5.92 Å². The SMILES string of the molecule is CCCC[C@H]1C[C@@H](O)CN1CC1CC1. The predicted octanol–water partition coefficient (Wildman–Crippen LogP) is 2.02. The molecule has 0 amide bonds. The Bertz CT molecular complexity index is 179. The van der Waals surface area contributed by atoms with Crippen molar-refractivity contribution in [3.05, 3.63) is 0 Å². The summed E-state index contributed by atoms with van der Waals surface area (Å²) in [6, 6.07) is 0.686. The van der Waals surface area contributed by atoms with Gasteiger partial charge in [-0.1, -0.05) is 19.8 Å². The Labute approximate surface area is 87.3 Å². The molecule has 0 radical (unpaired) electrons. The Morgan fingerprint density at radius 3 is 2.79 bits per heavy atom. The minimum Gasteiger partial charge on any atom is -0.392 e. The number of rotatable bonds is 5. The summed E-state index contributed by atoms with van der Waals surface area (Å²) in [5.74, 6) is 0.962.